The lowest BCUT2D eigenvalue weighted by Gasteiger charge is -2.08. The SMILES string of the molecule is Cc1cn(C)c2ccc(C(=O)NNc3ccccc3)cc12. The molecule has 106 valence electrons. The number of nitrogens with zero attached hydrogens (tertiary/aromatic N) is 1. The Hall–Kier alpha value is -2.75. The monoisotopic (exact) mass is 279 g/mol. The molecular weight excluding hydrogens is 262 g/mol. The fraction of sp³-hybridized carbons (Fsp3) is 0.118. The Morgan fingerprint density at radius 2 is 1.86 bits per heavy atom. The topological polar surface area (TPSA) is 46.1 Å². The summed E-state index contributed by atoms with van der Waals surface area (Å²) in [5.74, 6) is -0.149. The van der Waals surface area contributed by atoms with Gasteiger partial charge in [-0.25, -0.2) is 0 Å². The summed E-state index contributed by atoms with van der Waals surface area (Å²) in [6, 6.07) is 15.3. The van der Waals surface area contributed by atoms with Crippen LogP contribution in [0.5, 0.6) is 0 Å². The highest BCUT2D eigenvalue weighted by atomic mass is 16.2. The highest BCUT2D eigenvalue weighted by Crippen LogP contribution is 2.21. The van der Waals surface area contributed by atoms with Crippen molar-refractivity contribution in [3.63, 3.8) is 0 Å². The van der Waals surface area contributed by atoms with E-state index in [1.807, 2.05) is 62.5 Å². The van der Waals surface area contributed by atoms with Crippen LogP contribution < -0.4 is 10.9 Å². The number of carbonyl (C=O) groups excluding carboxylic acids is 1. The Balaban J connectivity index is 1.80. The summed E-state index contributed by atoms with van der Waals surface area (Å²) in [4.78, 5) is 12.2. The van der Waals surface area contributed by atoms with E-state index in [0.717, 1.165) is 22.2 Å². The molecule has 0 aliphatic rings. The van der Waals surface area contributed by atoms with Crippen LogP contribution in [0.25, 0.3) is 10.9 Å². The predicted octanol–water partition coefficient (Wildman–Crippen LogP) is 3.24. The number of hydrogen-bond acceptors (Lipinski definition) is 2. The average molecular weight is 279 g/mol. The van der Waals surface area contributed by atoms with Crippen LogP contribution in [0.4, 0.5) is 5.69 Å². The summed E-state index contributed by atoms with van der Waals surface area (Å²) >= 11 is 0. The standard InChI is InChI=1S/C17H17N3O/c1-12-11-20(2)16-9-8-13(10-15(12)16)17(21)19-18-14-6-4-3-5-7-14/h3-11,18H,1-2H3,(H,19,21). The van der Waals surface area contributed by atoms with E-state index >= 15 is 0 Å². The van der Waals surface area contributed by atoms with Crippen LogP contribution in [-0.2, 0) is 7.05 Å². The fourth-order valence-corrected chi connectivity index (χ4v) is 2.45. The molecule has 3 rings (SSSR count). The number of amides is 1. The van der Waals surface area contributed by atoms with Crippen molar-refractivity contribution in [2.75, 3.05) is 5.43 Å². The third kappa shape index (κ3) is 2.60. The second-order valence-corrected chi connectivity index (χ2v) is 5.10. The largest absolute Gasteiger partial charge is 0.350 e. The number of anilines is 1. The van der Waals surface area contributed by atoms with E-state index in [9.17, 15) is 4.79 Å². The smallest absolute Gasteiger partial charge is 0.269 e. The van der Waals surface area contributed by atoms with Crippen molar-refractivity contribution < 1.29 is 4.79 Å². The van der Waals surface area contributed by atoms with Crippen LogP contribution in [0.3, 0.4) is 0 Å². The molecule has 21 heavy (non-hydrogen) atoms. The highest BCUT2D eigenvalue weighted by Gasteiger charge is 2.09. The second kappa shape index (κ2) is 5.32. The molecule has 0 aliphatic carbocycles. The van der Waals surface area contributed by atoms with Crippen LogP contribution in [0.1, 0.15) is 15.9 Å². The van der Waals surface area contributed by atoms with E-state index in [4.69, 9.17) is 0 Å². The molecule has 0 unspecified atom stereocenters. The molecule has 0 saturated heterocycles. The van der Waals surface area contributed by atoms with E-state index < -0.39 is 0 Å². The van der Waals surface area contributed by atoms with Crippen molar-refractivity contribution in [2.45, 2.75) is 6.92 Å². The Morgan fingerprint density at radius 3 is 2.62 bits per heavy atom. The number of carbonyl (C=O) groups is 1. The molecule has 4 heteroatoms. The molecule has 4 nitrogen and oxygen atoms in total. The first-order valence-corrected chi connectivity index (χ1v) is 6.82. The minimum absolute atomic E-state index is 0.149. The maximum absolute atomic E-state index is 12.2. The Morgan fingerprint density at radius 1 is 1.10 bits per heavy atom. The number of benzene rings is 2. The van der Waals surface area contributed by atoms with Crippen LogP contribution in [0, 0.1) is 6.92 Å². The molecule has 0 fully saturated rings. The molecule has 3 aromatic rings. The van der Waals surface area contributed by atoms with Gasteiger partial charge in [-0.15, -0.1) is 0 Å². The lowest BCUT2D eigenvalue weighted by molar-refractivity contribution is 0.0963. The molecule has 1 amide bonds. The van der Waals surface area contributed by atoms with Crippen molar-refractivity contribution in [3.8, 4) is 0 Å². The molecule has 0 spiro atoms. The summed E-state index contributed by atoms with van der Waals surface area (Å²) < 4.78 is 2.06. The number of aryl methyl sites for hydroxylation is 2. The molecule has 0 saturated carbocycles. The zero-order chi connectivity index (χ0) is 14.8. The number of fused-ring (bicyclic) bond motifs is 1. The Labute approximate surface area is 123 Å². The zero-order valence-corrected chi connectivity index (χ0v) is 12.1. The minimum atomic E-state index is -0.149. The zero-order valence-electron chi connectivity index (χ0n) is 12.1. The first-order valence-electron chi connectivity index (χ1n) is 6.82. The molecule has 1 heterocycles. The van der Waals surface area contributed by atoms with Crippen LogP contribution in [0.2, 0.25) is 0 Å². The van der Waals surface area contributed by atoms with Gasteiger partial charge in [-0.2, -0.15) is 0 Å². The van der Waals surface area contributed by atoms with Gasteiger partial charge in [-0.05, 0) is 42.8 Å². The fourth-order valence-electron chi connectivity index (χ4n) is 2.45. The number of nitrogens with one attached hydrogen (secondary N) is 2. The highest BCUT2D eigenvalue weighted by molar-refractivity contribution is 5.99. The Bertz CT molecular complexity index is 790. The van der Waals surface area contributed by atoms with Gasteiger partial charge in [0, 0.05) is 29.7 Å². The number of para-hydroxylation sites is 1. The number of hydrogen-bond donors (Lipinski definition) is 2. The van der Waals surface area contributed by atoms with E-state index in [-0.39, 0.29) is 5.91 Å². The third-order valence-electron chi connectivity index (χ3n) is 3.55. The molecule has 0 aliphatic heterocycles. The van der Waals surface area contributed by atoms with Gasteiger partial charge in [-0.3, -0.25) is 15.6 Å². The van der Waals surface area contributed by atoms with Crippen molar-refractivity contribution >= 4 is 22.5 Å². The summed E-state index contributed by atoms with van der Waals surface area (Å²) in [6.45, 7) is 2.05. The van der Waals surface area contributed by atoms with Crippen LogP contribution in [-0.4, -0.2) is 10.5 Å². The van der Waals surface area contributed by atoms with E-state index in [0.29, 0.717) is 5.56 Å². The lowest BCUT2D eigenvalue weighted by Crippen LogP contribution is -2.29. The van der Waals surface area contributed by atoms with Gasteiger partial charge in [0.25, 0.3) is 5.91 Å². The van der Waals surface area contributed by atoms with Gasteiger partial charge in [0.1, 0.15) is 0 Å². The normalized spacial score (nSPS) is 10.6. The first-order chi connectivity index (χ1) is 10.1. The van der Waals surface area contributed by atoms with Gasteiger partial charge in [-0.1, -0.05) is 18.2 Å². The summed E-state index contributed by atoms with van der Waals surface area (Å²) in [5.41, 5.74) is 9.40. The van der Waals surface area contributed by atoms with E-state index in [1.165, 1.54) is 0 Å². The average Bonchev–Trinajstić information content (AvgIpc) is 2.80. The van der Waals surface area contributed by atoms with Crippen molar-refractivity contribution in [3.05, 3.63) is 65.9 Å². The van der Waals surface area contributed by atoms with E-state index in [1.54, 1.807) is 0 Å². The summed E-state index contributed by atoms with van der Waals surface area (Å²) in [7, 11) is 2.01. The quantitative estimate of drug-likeness (QED) is 0.723. The van der Waals surface area contributed by atoms with Gasteiger partial charge < -0.3 is 4.57 Å². The maximum atomic E-state index is 12.2. The molecular formula is C17H17N3O. The van der Waals surface area contributed by atoms with Gasteiger partial charge >= 0.3 is 0 Å². The molecule has 0 radical (unpaired) electrons. The number of aromatic nitrogens is 1. The van der Waals surface area contributed by atoms with Crippen LogP contribution >= 0.6 is 0 Å². The summed E-state index contributed by atoms with van der Waals surface area (Å²) in [6.07, 6.45) is 2.06. The maximum Gasteiger partial charge on any atom is 0.269 e. The van der Waals surface area contributed by atoms with Gasteiger partial charge in [0.05, 0.1) is 5.69 Å². The second-order valence-electron chi connectivity index (χ2n) is 5.10. The molecule has 0 bridgehead atoms. The molecule has 2 N–H and O–H groups in total. The van der Waals surface area contributed by atoms with Crippen LogP contribution in [0.15, 0.2) is 54.7 Å². The van der Waals surface area contributed by atoms with Gasteiger partial charge in [0.2, 0.25) is 0 Å². The molecule has 2 aromatic carbocycles. The van der Waals surface area contributed by atoms with Gasteiger partial charge in [0.15, 0.2) is 0 Å². The summed E-state index contributed by atoms with van der Waals surface area (Å²) in [5, 5.41) is 1.10. The predicted molar refractivity (Wildman–Crippen MR) is 85.2 cm³/mol. The lowest BCUT2D eigenvalue weighted by atomic mass is 10.1. The van der Waals surface area contributed by atoms with E-state index in [2.05, 4.69) is 21.6 Å². The van der Waals surface area contributed by atoms with Crippen molar-refractivity contribution in [1.82, 2.24) is 9.99 Å². The third-order valence-corrected chi connectivity index (χ3v) is 3.55. The minimum Gasteiger partial charge on any atom is -0.350 e. The first kappa shape index (κ1) is 13.2. The number of rotatable bonds is 3. The number of hydrazine groups is 1. The van der Waals surface area contributed by atoms with Crippen molar-refractivity contribution in [2.24, 2.45) is 7.05 Å². The molecule has 1 aromatic heterocycles. The molecule has 0 atom stereocenters. The van der Waals surface area contributed by atoms with Crippen molar-refractivity contribution in [1.29, 1.82) is 0 Å². The Kier molecular flexibility index (Phi) is 3.36.